The molecule has 2 fully saturated rings. The number of carbonyl (C=O) groups is 1. The van der Waals surface area contributed by atoms with Gasteiger partial charge in [-0.05, 0) is 43.9 Å². The molecule has 1 aliphatic carbocycles. The number of carbonyl (C=O) groups excluding carboxylic acids is 1. The average Bonchev–Trinajstić information content (AvgIpc) is 3.34. The highest BCUT2D eigenvalue weighted by atomic mass is 35.5. The SMILES string of the molecule is COc1ccc(C(=O)NC2(CN)CCCC2)cc1S(=O)(=O)N1CCCC1.Cl. The molecular formula is C18H28ClN3O4S. The van der Waals surface area contributed by atoms with Gasteiger partial charge in [0.1, 0.15) is 10.6 Å². The Morgan fingerprint density at radius 1 is 1.22 bits per heavy atom. The predicted octanol–water partition coefficient (Wildman–Crippen LogP) is 1.90. The van der Waals surface area contributed by atoms with Gasteiger partial charge in [-0.2, -0.15) is 4.31 Å². The van der Waals surface area contributed by atoms with Gasteiger partial charge in [0, 0.05) is 25.2 Å². The van der Waals surface area contributed by atoms with Crippen molar-refractivity contribution in [2.45, 2.75) is 49.0 Å². The van der Waals surface area contributed by atoms with Gasteiger partial charge in [0.15, 0.2) is 0 Å². The lowest BCUT2D eigenvalue weighted by molar-refractivity contribution is 0.0903. The van der Waals surface area contributed by atoms with Gasteiger partial charge >= 0.3 is 0 Å². The maximum atomic E-state index is 12.9. The number of hydrogen-bond acceptors (Lipinski definition) is 5. The molecule has 0 atom stereocenters. The molecule has 27 heavy (non-hydrogen) atoms. The lowest BCUT2D eigenvalue weighted by Crippen LogP contribution is -2.51. The van der Waals surface area contributed by atoms with Gasteiger partial charge < -0.3 is 15.8 Å². The topological polar surface area (TPSA) is 102 Å². The quantitative estimate of drug-likeness (QED) is 0.736. The van der Waals surface area contributed by atoms with Gasteiger partial charge in [-0.25, -0.2) is 8.42 Å². The van der Waals surface area contributed by atoms with Crippen molar-refractivity contribution in [3.8, 4) is 5.75 Å². The number of sulfonamides is 1. The Morgan fingerprint density at radius 3 is 2.41 bits per heavy atom. The van der Waals surface area contributed by atoms with Crippen LogP contribution in [0.25, 0.3) is 0 Å². The fraction of sp³-hybridized carbons (Fsp3) is 0.611. The minimum atomic E-state index is -3.68. The molecule has 1 aliphatic heterocycles. The van der Waals surface area contributed by atoms with Crippen LogP contribution in [0.3, 0.4) is 0 Å². The van der Waals surface area contributed by atoms with Crippen LogP contribution in [-0.2, 0) is 10.0 Å². The molecule has 9 heteroatoms. The highest BCUT2D eigenvalue weighted by molar-refractivity contribution is 7.89. The zero-order chi connectivity index (χ0) is 18.8. The molecule has 0 aromatic heterocycles. The molecule has 3 N–H and O–H groups in total. The highest BCUT2D eigenvalue weighted by Gasteiger charge is 2.35. The van der Waals surface area contributed by atoms with Crippen LogP contribution in [0.4, 0.5) is 0 Å². The van der Waals surface area contributed by atoms with Crippen molar-refractivity contribution in [2.24, 2.45) is 5.73 Å². The van der Waals surface area contributed by atoms with E-state index in [2.05, 4.69) is 5.32 Å². The van der Waals surface area contributed by atoms with E-state index in [0.717, 1.165) is 38.5 Å². The molecule has 1 aromatic carbocycles. The second kappa shape index (κ2) is 8.77. The number of nitrogens with two attached hydrogens (primary N) is 1. The van der Waals surface area contributed by atoms with E-state index in [-0.39, 0.29) is 34.5 Å². The normalized spacial score (nSPS) is 19.5. The summed E-state index contributed by atoms with van der Waals surface area (Å²) in [6, 6.07) is 4.55. The smallest absolute Gasteiger partial charge is 0.251 e. The van der Waals surface area contributed by atoms with Gasteiger partial charge in [-0.15, -0.1) is 12.4 Å². The number of benzene rings is 1. The maximum Gasteiger partial charge on any atom is 0.251 e. The van der Waals surface area contributed by atoms with Crippen LogP contribution >= 0.6 is 12.4 Å². The predicted molar refractivity (Wildman–Crippen MR) is 106 cm³/mol. The van der Waals surface area contributed by atoms with Crippen molar-refractivity contribution < 1.29 is 17.9 Å². The number of nitrogens with zero attached hydrogens (tertiary/aromatic N) is 1. The summed E-state index contributed by atoms with van der Waals surface area (Å²) in [7, 11) is -2.25. The van der Waals surface area contributed by atoms with Crippen molar-refractivity contribution in [2.75, 3.05) is 26.7 Å². The molecule has 1 amide bonds. The first-order valence-corrected chi connectivity index (χ1v) is 10.6. The highest BCUT2D eigenvalue weighted by Crippen LogP contribution is 2.31. The van der Waals surface area contributed by atoms with Gasteiger partial charge in [0.25, 0.3) is 5.91 Å². The Labute approximate surface area is 167 Å². The zero-order valence-electron chi connectivity index (χ0n) is 15.6. The maximum absolute atomic E-state index is 12.9. The van der Waals surface area contributed by atoms with E-state index < -0.39 is 10.0 Å². The van der Waals surface area contributed by atoms with Crippen molar-refractivity contribution in [3.63, 3.8) is 0 Å². The molecule has 3 rings (SSSR count). The molecule has 2 aliphatic rings. The Bertz CT molecular complexity index is 773. The molecule has 0 radical (unpaired) electrons. The molecule has 7 nitrogen and oxygen atoms in total. The van der Waals surface area contributed by atoms with Crippen LogP contribution in [0.1, 0.15) is 48.9 Å². The third kappa shape index (κ3) is 4.39. The summed E-state index contributed by atoms with van der Waals surface area (Å²) in [6.45, 7) is 1.38. The van der Waals surface area contributed by atoms with E-state index in [4.69, 9.17) is 10.5 Å². The van der Waals surface area contributed by atoms with Crippen LogP contribution in [0.2, 0.25) is 0 Å². The van der Waals surface area contributed by atoms with Crippen LogP contribution in [0.5, 0.6) is 5.75 Å². The summed E-state index contributed by atoms with van der Waals surface area (Å²) < 4.78 is 32.6. The summed E-state index contributed by atoms with van der Waals surface area (Å²) in [5.74, 6) is -0.0410. The second-order valence-electron chi connectivity index (χ2n) is 7.12. The van der Waals surface area contributed by atoms with E-state index in [0.29, 0.717) is 25.2 Å². The summed E-state index contributed by atoms with van der Waals surface area (Å²) in [6.07, 6.45) is 5.47. The minimum absolute atomic E-state index is 0. The van der Waals surface area contributed by atoms with E-state index in [1.807, 2.05) is 0 Å². The zero-order valence-corrected chi connectivity index (χ0v) is 17.2. The second-order valence-corrected chi connectivity index (χ2v) is 9.03. The van der Waals surface area contributed by atoms with Crippen LogP contribution in [0.15, 0.2) is 23.1 Å². The first-order chi connectivity index (χ1) is 12.4. The molecule has 0 unspecified atom stereocenters. The van der Waals surface area contributed by atoms with E-state index in [1.54, 1.807) is 12.1 Å². The Morgan fingerprint density at radius 2 is 1.85 bits per heavy atom. The standard InChI is InChI=1S/C18H27N3O4S.ClH/c1-25-15-7-6-14(17(22)20-18(13-19)8-2-3-9-18)12-16(15)26(23,24)21-10-4-5-11-21;/h6-7,12H,2-5,8-11,13,19H2,1H3,(H,20,22);1H. The van der Waals surface area contributed by atoms with Crippen LogP contribution in [-0.4, -0.2) is 50.9 Å². The van der Waals surface area contributed by atoms with Gasteiger partial charge in [0.05, 0.1) is 12.6 Å². The number of halogens is 1. The first kappa shape index (κ1) is 21.9. The van der Waals surface area contributed by atoms with E-state index in [1.165, 1.54) is 17.5 Å². The van der Waals surface area contributed by atoms with Gasteiger partial charge in [-0.1, -0.05) is 12.8 Å². The molecule has 1 saturated carbocycles. The largest absolute Gasteiger partial charge is 0.495 e. The van der Waals surface area contributed by atoms with Crippen LogP contribution < -0.4 is 15.8 Å². The number of rotatable bonds is 6. The minimum Gasteiger partial charge on any atom is -0.495 e. The van der Waals surface area contributed by atoms with Crippen LogP contribution in [0, 0.1) is 0 Å². The molecule has 0 bridgehead atoms. The summed E-state index contributed by atoms with van der Waals surface area (Å²) in [5, 5.41) is 3.03. The molecule has 0 spiro atoms. The fourth-order valence-corrected chi connectivity index (χ4v) is 5.53. The third-order valence-corrected chi connectivity index (χ3v) is 7.36. The van der Waals surface area contributed by atoms with Crippen molar-refractivity contribution in [1.29, 1.82) is 0 Å². The number of hydrogen-bond donors (Lipinski definition) is 2. The van der Waals surface area contributed by atoms with Gasteiger partial charge in [-0.3, -0.25) is 4.79 Å². The number of amides is 1. The van der Waals surface area contributed by atoms with Crippen molar-refractivity contribution in [1.82, 2.24) is 9.62 Å². The lowest BCUT2D eigenvalue weighted by Gasteiger charge is -2.29. The number of methoxy groups -OCH3 is 1. The summed E-state index contributed by atoms with van der Waals surface area (Å²) in [5.41, 5.74) is 5.81. The molecule has 152 valence electrons. The Hall–Kier alpha value is -1.35. The van der Waals surface area contributed by atoms with Crippen molar-refractivity contribution >= 4 is 28.3 Å². The number of ether oxygens (including phenoxy) is 1. The lowest BCUT2D eigenvalue weighted by atomic mass is 9.97. The third-order valence-electron chi connectivity index (χ3n) is 5.44. The van der Waals surface area contributed by atoms with Crippen molar-refractivity contribution in [3.05, 3.63) is 23.8 Å². The number of nitrogens with one attached hydrogen (secondary N) is 1. The molecular weight excluding hydrogens is 390 g/mol. The Kier molecular flexibility index (Phi) is 7.13. The first-order valence-electron chi connectivity index (χ1n) is 9.13. The van der Waals surface area contributed by atoms with E-state index >= 15 is 0 Å². The monoisotopic (exact) mass is 417 g/mol. The van der Waals surface area contributed by atoms with Gasteiger partial charge in [0.2, 0.25) is 10.0 Å². The summed E-state index contributed by atoms with van der Waals surface area (Å²) in [4.78, 5) is 12.8. The molecule has 1 saturated heterocycles. The Balaban J connectivity index is 0.00000261. The molecule has 1 heterocycles. The van der Waals surface area contributed by atoms with E-state index in [9.17, 15) is 13.2 Å². The fourth-order valence-electron chi connectivity index (χ4n) is 3.83. The summed E-state index contributed by atoms with van der Waals surface area (Å²) >= 11 is 0. The molecule has 1 aromatic rings. The average molecular weight is 418 g/mol.